The first-order valence-corrected chi connectivity index (χ1v) is 7.51. The summed E-state index contributed by atoms with van der Waals surface area (Å²) in [6.45, 7) is 1.05. The molecule has 0 spiro atoms. The first-order chi connectivity index (χ1) is 11.2. The van der Waals surface area contributed by atoms with Crippen LogP contribution in [0.2, 0.25) is 0 Å². The van der Waals surface area contributed by atoms with Gasteiger partial charge in [0.25, 0.3) is 0 Å². The van der Waals surface area contributed by atoms with Gasteiger partial charge in [-0.05, 0) is 24.3 Å². The average molecular weight is 361 g/mol. The summed E-state index contributed by atoms with van der Waals surface area (Å²) < 4.78 is 19.3. The van der Waals surface area contributed by atoms with Crippen LogP contribution >= 0.6 is 0 Å². The van der Waals surface area contributed by atoms with Crippen molar-refractivity contribution in [2.45, 2.75) is 0 Å². The van der Waals surface area contributed by atoms with Crippen LogP contribution in [0.1, 0.15) is 11.1 Å². The Hall–Kier alpha value is -2.24. The maximum atomic E-state index is 9.66. The number of phenolic OH excluding ortho intramolecular Hbond substituents is 2. The fourth-order valence-corrected chi connectivity index (χ4v) is 1.63. The number of aromatic hydroxyl groups is 2. The number of nitrogens with zero attached hydrogens (tertiary/aromatic N) is 2. The Labute approximate surface area is 140 Å². The summed E-state index contributed by atoms with van der Waals surface area (Å²) in [5, 5.41) is 19.1. The van der Waals surface area contributed by atoms with E-state index in [1.807, 2.05) is 12.1 Å². The molecule has 0 amide bonds. The minimum absolute atomic E-state index is 0.217. The topological polar surface area (TPSA) is 65.2 Å². The van der Waals surface area contributed by atoms with Crippen LogP contribution in [0.5, 0.6) is 11.5 Å². The first kappa shape index (κ1) is 18.8. The predicted molar refractivity (Wildman–Crippen MR) is 83.4 cm³/mol. The van der Waals surface area contributed by atoms with E-state index in [4.69, 9.17) is 0 Å². The Morgan fingerprint density at radius 2 is 1.13 bits per heavy atom. The molecule has 2 aromatic carbocycles. The van der Waals surface area contributed by atoms with Crippen LogP contribution in [0.4, 0.5) is 7.10 Å². The molecule has 0 aliphatic rings. The molecule has 0 aromatic heterocycles. The maximum absolute atomic E-state index is 9.66. The van der Waals surface area contributed by atoms with Gasteiger partial charge < -0.3 is 10.2 Å². The molecule has 7 heteroatoms. The van der Waals surface area contributed by atoms with E-state index in [-0.39, 0.29) is 11.5 Å². The summed E-state index contributed by atoms with van der Waals surface area (Å²) in [5.74, 6) is 0.433. The molecule has 0 heterocycles. The zero-order chi connectivity index (χ0) is 16.9. The van der Waals surface area contributed by atoms with Crippen molar-refractivity contribution in [2.75, 3.05) is 13.1 Å². The van der Waals surface area contributed by atoms with Gasteiger partial charge in [0.05, 0.1) is 13.1 Å². The van der Waals surface area contributed by atoms with Gasteiger partial charge in [-0.15, -0.1) is 0 Å². The molecule has 0 saturated heterocycles. The molecule has 2 aromatic rings. The molecule has 4 nitrogen and oxygen atoms in total. The molecule has 0 radical (unpaired) electrons. The second-order valence-corrected chi connectivity index (χ2v) is 4.41. The van der Waals surface area contributed by atoms with Gasteiger partial charge in [0.15, 0.2) is 0 Å². The number of hydrogen-bond donors (Lipinski definition) is 2. The van der Waals surface area contributed by atoms with Gasteiger partial charge in [-0.2, -0.15) is 0 Å². The van der Waals surface area contributed by atoms with Gasteiger partial charge in [-0.25, -0.2) is 0 Å². The molecule has 2 rings (SSSR count). The average Bonchev–Trinajstić information content (AvgIpc) is 2.55. The van der Waals surface area contributed by atoms with Crippen molar-refractivity contribution in [1.29, 1.82) is 0 Å². The van der Waals surface area contributed by atoms with E-state index >= 15 is 0 Å². The Bertz CT molecular complexity index is 596. The Morgan fingerprint density at radius 1 is 0.783 bits per heavy atom. The van der Waals surface area contributed by atoms with Crippen molar-refractivity contribution in [3.8, 4) is 11.5 Å². The number of para-hydroxylation sites is 2. The molecule has 0 aliphatic heterocycles. The van der Waals surface area contributed by atoms with Crippen molar-refractivity contribution in [2.24, 2.45) is 9.98 Å². The molecular formula is C16H16F2MnN2O2. The SMILES string of the molecule is Oc1ccccc1/C=N/CC/N=C/c1ccccc1O.[F][Mn][F]. The van der Waals surface area contributed by atoms with Crippen molar-refractivity contribution in [3.63, 3.8) is 0 Å². The minimum atomic E-state index is -1.94. The standard InChI is InChI=1S/C16H16N2O2.2FH.Mn/c19-15-7-3-1-5-13(15)11-17-9-10-18-12-14-6-2-4-8-16(14)20;;;/h1-8,11-12,19-20H,9-10H2;2*1H;/q;;;+2/p-2/b17-11+,18-12+;;;. The Morgan fingerprint density at radius 3 is 1.48 bits per heavy atom. The zero-order valence-corrected chi connectivity index (χ0v) is 13.3. The summed E-state index contributed by atoms with van der Waals surface area (Å²) in [6, 6.07) is 14.1. The fraction of sp³-hybridized carbons (Fsp3) is 0.125. The van der Waals surface area contributed by atoms with Gasteiger partial charge >= 0.3 is 23.0 Å². The van der Waals surface area contributed by atoms with Crippen LogP contribution in [0.25, 0.3) is 0 Å². The molecular weight excluding hydrogens is 345 g/mol. The fourth-order valence-electron chi connectivity index (χ4n) is 1.63. The van der Waals surface area contributed by atoms with Gasteiger partial charge in [0.1, 0.15) is 11.5 Å². The normalized spacial score (nSPS) is 10.7. The van der Waals surface area contributed by atoms with Crippen LogP contribution in [0.3, 0.4) is 0 Å². The van der Waals surface area contributed by atoms with Gasteiger partial charge in [-0.1, -0.05) is 24.3 Å². The van der Waals surface area contributed by atoms with Crippen molar-refractivity contribution >= 4 is 12.4 Å². The third-order valence-electron chi connectivity index (χ3n) is 2.69. The van der Waals surface area contributed by atoms with Crippen LogP contribution < -0.4 is 0 Å². The molecule has 0 unspecified atom stereocenters. The second-order valence-electron chi connectivity index (χ2n) is 4.24. The third kappa shape index (κ3) is 7.53. The monoisotopic (exact) mass is 361 g/mol. The molecule has 23 heavy (non-hydrogen) atoms. The Kier molecular flexibility index (Phi) is 9.28. The number of benzene rings is 2. The summed E-state index contributed by atoms with van der Waals surface area (Å²) in [6.07, 6.45) is 3.26. The summed E-state index contributed by atoms with van der Waals surface area (Å²) in [5.41, 5.74) is 1.38. The van der Waals surface area contributed by atoms with E-state index in [0.29, 0.717) is 24.2 Å². The van der Waals surface area contributed by atoms with Crippen LogP contribution in [0, 0.1) is 0 Å². The number of aliphatic imine (C=N–C) groups is 2. The van der Waals surface area contributed by atoms with E-state index in [0.717, 1.165) is 0 Å². The summed E-state index contributed by atoms with van der Waals surface area (Å²) >= 11 is -1.94. The van der Waals surface area contributed by atoms with E-state index in [2.05, 4.69) is 9.98 Å². The molecule has 0 aliphatic carbocycles. The molecule has 2 N–H and O–H groups in total. The van der Waals surface area contributed by atoms with Crippen molar-refractivity contribution < 1.29 is 33.2 Å². The summed E-state index contributed by atoms with van der Waals surface area (Å²) in [4.78, 5) is 8.39. The summed E-state index contributed by atoms with van der Waals surface area (Å²) in [7, 11) is 0. The quantitative estimate of drug-likeness (QED) is 0.487. The van der Waals surface area contributed by atoms with E-state index in [9.17, 15) is 17.3 Å². The van der Waals surface area contributed by atoms with Crippen molar-refractivity contribution in [3.05, 3.63) is 59.7 Å². The second kappa shape index (κ2) is 11.3. The van der Waals surface area contributed by atoms with E-state index in [1.54, 1.807) is 48.8 Å². The number of hydrogen-bond acceptors (Lipinski definition) is 4. The number of rotatable bonds is 5. The molecule has 123 valence electrons. The van der Waals surface area contributed by atoms with E-state index < -0.39 is 15.9 Å². The Balaban J connectivity index is 0.000000816. The van der Waals surface area contributed by atoms with Gasteiger partial charge in [0.2, 0.25) is 0 Å². The zero-order valence-electron chi connectivity index (χ0n) is 12.1. The third-order valence-corrected chi connectivity index (χ3v) is 2.69. The van der Waals surface area contributed by atoms with Crippen LogP contribution in [0.15, 0.2) is 58.5 Å². The molecule has 0 fully saturated rings. The first-order valence-electron chi connectivity index (χ1n) is 6.61. The number of halogens is 2. The predicted octanol–water partition coefficient (Wildman–Crippen LogP) is 3.47. The molecule has 0 bridgehead atoms. The van der Waals surface area contributed by atoms with Crippen LogP contribution in [-0.4, -0.2) is 35.7 Å². The van der Waals surface area contributed by atoms with Gasteiger partial charge in [0, 0.05) is 23.6 Å². The molecule has 0 saturated carbocycles. The van der Waals surface area contributed by atoms with Crippen LogP contribution in [-0.2, 0) is 15.9 Å². The van der Waals surface area contributed by atoms with Gasteiger partial charge in [-0.3, -0.25) is 9.98 Å². The van der Waals surface area contributed by atoms with E-state index in [1.165, 1.54) is 0 Å². The number of phenols is 2. The molecule has 0 atom stereocenters. The van der Waals surface area contributed by atoms with Crippen molar-refractivity contribution in [1.82, 2.24) is 0 Å².